The summed E-state index contributed by atoms with van der Waals surface area (Å²) in [5.41, 5.74) is 0.634. The van der Waals surface area contributed by atoms with Gasteiger partial charge in [-0.25, -0.2) is 4.98 Å². The van der Waals surface area contributed by atoms with E-state index in [0.29, 0.717) is 17.2 Å². The van der Waals surface area contributed by atoms with Crippen LogP contribution in [0.3, 0.4) is 0 Å². The Labute approximate surface area is 107 Å². The van der Waals surface area contributed by atoms with Gasteiger partial charge in [-0.15, -0.1) is 12.6 Å². The number of carbonyl (C=O) groups is 1. The number of H-pyrrole nitrogens is 1. The van der Waals surface area contributed by atoms with E-state index in [9.17, 15) is 14.9 Å². The van der Waals surface area contributed by atoms with E-state index in [4.69, 9.17) is 0 Å². The molecule has 0 atom stereocenters. The average Bonchev–Trinajstić information content (AvgIpc) is 2.76. The van der Waals surface area contributed by atoms with E-state index in [1.807, 2.05) is 0 Å². The van der Waals surface area contributed by atoms with Crippen LogP contribution >= 0.6 is 12.6 Å². The van der Waals surface area contributed by atoms with Crippen LogP contribution in [-0.2, 0) is 11.2 Å². The number of rotatable bonds is 4. The molecule has 7 nitrogen and oxygen atoms in total. The van der Waals surface area contributed by atoms with E-state index >= 15 is 0 Å². The first-order chi connectivity index (χ1) is 8.56. The Kier molecular flexibility index (Phi) is 3.38. The van der Waals surface area contributed by atoms with Crippen LogP contribution in [-0.4, -0.2) is 25.2 Å². The molecule has 0 saturated heterocycles. The Hall–Kier alpha value is -2.22. The van der Waals surface area contributed by atoms with Gasteiger partial charge in [-0.3, -0.25) is 20.0 Å². The Morgan fingerprint density at radius 3 is 2.61 bits per heavy atom. The third kappa shape index (κ3) is 2.72. The van der Waals surface area contributed by atoms with E-state index < -0.39 is 4.92 Å². The predicted octanol–water partition coefficient (Wildman–Crippen LogP) is 1.38. The number of nitro benzene ring substituents is 1. The molecule has 0 fully saturated rings. The zero-order chi connectivity index (χ0) is 13.1. The van der Waals surface area contributed by atoms with Crippen molar-refractivity contribution in [1.29, 1.82) is 0 Å². The highest BCUT2D eigenvalue weighted by Gasteiger charge is 2.10. The quantitative estimate of drug-likeness (QED) is 0.493. The summed E-state index contributed by atoms with van der Waals surface area (Å²) >= 11 is 3.64. The maximum Gasteiger partial charge on any atom is 0.269 e. The van der Waals surface area contributed by atoms with E-state index in [-0.39, 0.29) is 17.2 Å². The third-order valence-corrected chi connectivity index (χ3v) is 2.34. The van der Waals surface area contributed by atoms with Crippen molar-refractivity contribution < 1.29 is 9.72 Å². The van der Waals surface area contributed by atoms with Crippen molar-refractivity contribution in [2.24, 2.45) is 0 Å². The topological polar surface area (TPSA) is 102 Å². The number of hydrogen-bond donors (Lipinski definition) is 2. The zero-order valence-electron chi connectivity index (χ0n) is 9.03. The van der Waals surface area contributed by atoms with Gasteiger partial charge in [-0.2, -0.15) is 5.10 Å². The summed E-state index contributed by atoms with van der Waals surface area (Å²) in [6, 6.07) is 5.84. The lowest BCUT2D eigenvalue weighted by Crippen LogP contribution is -1.95. The molecule has 0 aliphatic heterocycles. The summed E-state index contributed by atoms with van der Waals surface area (Å²) in [6.45, 7) is 0. The number of thiol groups is 1. The van der Waals surface area contributed by atoms with Gasteiger partial charge in [0.15, 0.2) is 10.9 Å². The van der Waals surface area contributed by atoms with Crippen molar-refractivity contribution in [2.45, 2.75) is 6.42 Å². The molecule has 0 unspecified atom stereocenters. The number of carbonyl (C=O) groups excluding carboxylic acids is 1. The number of nitrogens with zero attached hydrogens (tertiary/aromatic N) is 3. The Morgan fingerprint density at radius 2 is 2.06 bits per heavy atom. The first-order valence-electron chi connectivity index (χ1n) is 4.94. The van der Waals surface area contributed by atoms with Crippen LogP contribution in [0.5, 0.6) is 0 Å². The van der Waals surface area contributed by atoms with Crippen LogP contribution in [0.4, 0.5) is 5.69 Å². The minimum atomic E-state index is -0.479. The molecule has 0 aliphatic rings. The van der Waals surface area contributed by atoms with Crippen molar-refractivity contribution in [3.05, 3.63) is 40.2 Å². The van der Waals surface area contributed by atoms with Crippen LogP contribution in [0.2, 0.25) is 0 Å². The number of hydrogen-bond acceptors (Lipinski definition) is 5. The highest BCUT2D eigenvalue weighted by atomic mass is 32.1. The summed E-state index contributed by atoms with van der Waals surface area (Å²) < 4.78 is 0. The maximum absolute atomic E-state index is 10.8. The van der Waals surface area contributed by atoms with Crippen molar-refractivity contribution in [1.82, 2.24) is 15.2 Å². The van der Waals surface area contributed by atoms with E-state index in [1.165, 1.54) is 12.1 Å². The summed E-state index contributed by atoms with van der Waals surface area (Å²) in [5, 5.41) is 16.7. The molecular formula is C10H8N4O3S. The molecular weight excluding hydrogens is 256 g/mol. The number of nitrogens with one attached hydrogen (secondary N) is 1. The highest BCUT2D eigenvalue weighted by Crippen LogP contribution is 2.19. The van der Waals surface area contributed by atoms with Crippen LogP contribution < -0.4 is 0 Å². The fourth-order valence-electron chi connectivity index (χ4n) is 1.38. The second kappa shape index (κ2) is 4.96. The minimum absolute atomic E-state index is 0.0000418. The molecule has 2 rings (SSSR count). The van der Waals surface area contributed by atoms with E-state index in [2.05, 4.69) is 27.8 Å². The van der Waals surface area contributed by atoms with Crippen LogP contribution in [0, 0.1) is 10.1 Å². The fourth-order valence-corrected chi connectivity index (χ4v) is 1.53. The van der Waals surface area contributed by atoms with Gasteiger partial charge in [0.1, 0.15) is 5.82 Å². The van der Waals surface area contributed by atoms with E-state index in [0.717, 1.165) is 0 Å². The molecule has 0 saturated carbocycles. The van der Waals surface area contributed by atoms with Gasteiger partial charge in [0.05, 0.1) is 11.3 Å². The van der Waals surface area contributed by atoms with Gasteiger partial charge in [-0.05, 0) is 12.1 Å². The lowest BCUT2D eigenvalue weighted by atomic mass is 10.2. The average molecular weight is 264 g/mol. The lowest BCUT2D eigenvalue weighted by molar-refractivity contribution is -0.384. The predicted molar refractivity (Wildman–Crippen MR) is 66.2 cm³/mol. The number of non-ortho nitro benzene ring substituents is 1. The second-order valence-electron chi connectivity index (χ2n) is 3.48. The standard InChI is InChI=1S/C10H8N4O3S/c15-9(18)5-8-11-10(13-12-8)6-1-3-7(4-2-6)14(16)17/h1-4H,5H2,(H,15,18)(H,11,12,13). The highest BCUT2D eigenvalue weighted by molar-refractivity contribution is 7.96. The Bertz CT molecular complexity index is 593. The molecule has 0 aliphatic carbocycles. The molecule has 0 bridgehead atoms. The molecule has 0 amide bonds. The molecule has 2 aromatic rings. The Morgan fingerprint density at radius 1 is 1.39 bits per heavy atom. The Balaban J connectivity index is 2.23. The molecule has 1 aromatic carbocycles. The van der Waals surface area contributed by atoms with Crippen molar-refractivity contribution in [3.8, 4) is 11.4 Å². The van der Waals surface area contributed by atoms with Gasteiger partial charge < -0.3 is 0 Å². The van der Waals surface area contributed by atoms with Crippen molar-refractivity contribution in [3.63, 3.8) is 0 Å². The molecule has 1 aromatic heterocycles. The smallest absolute Gasteiger partial charge is 0.269 e. The molecule has 1 heterocycles. The van der Waals surface area contributed by atoms with Gasteiger partial charge in [0.2, 0.25) is 0 Å². The summed E-state index contributed by atoms with van der Waals surface area (Å²) in [5.74, 6) is 0.790. The molecule has 8 heteroatoms. The fraction of sp³-hybridized carbons (Fsp3) is 0.100. The maximum atomic E-state index is 10.8. The number of benzene rings is 1. The van der Waals surface area contributed by atoms with Crippen LogP contribution in [0.25, 0.3) is 11.4 Å². The summed E-state index contributed by atoms with van der Waals surface area (Å²) in [7, 11) is 0. The van der Waals surface area contributed by atoms with E-state index in [1.54, 1.807) is 12.1 Å². The summed E-state index contributed by atoms with van der Waals surface area (Å²) in [6.07, 6.45) is 0.0586. The third-order valence-electron chi connectivity index (χ3n) is 2.19. The number of aromatic nitrogens is 3. The SMILES string of the molecule is O=C(S)Cc1nc(-c2ccc([N+](=O)[O-])cc2)n[nH]1. The van der Waals surface area contributed by atoms with Gasteiger partial charge in [-0.1, -0.05) is 0 Å². The van der Waals surface area contributed by atoms with Gasteiger partial charge in [0.25, 0.3) is 5.69 Å². The minimum Gasteiger partial charge on any atom is -0.287 e. The number of aromatic amines is 1. The molecule has 0 radical (unpaired) electrons. The summed E-state index contributed by atoms with van der Waals surface area (Å²) in [4.78, 5) is 24.9. The lowest BCUT2D eigenvalue weighted by Gasteiger charge is -1.94. The monoisotopic (exact) mass is 264 g/mol. The van der Waals surface area contributed by atoms with Crippen molar-refractivity contribution >= 4 is 23.4 Å². The van der Waals surface area contributed by atoms with Crippen LogP contribution in [0.15, 0.2) is 24.3 Å². The largest absolute Gasteiger partial charge is 0.287 e. The second-order valence-corrected chi connectivity index (χ2v) is 3.98. The zero-order valence-corrected chi connectivity index (χ0v) is 9.92. The first-order valence-corrected chi connectivity index (χ1v) is 5.39. The molecule has 18 heavy (non-hydrogen) atoms. The molecule has 92 valence electrons. The first kappa shape index (κ1) is 12.2. The number of nitro groups is 1. The van der Waals surface area contributed by atoms with Crippen molar-refractivity contribution in [2.75, 3.05) is 0 Å². The normalized spacial score (nSPS) is 10.3. The van der Waals surface area contributed by atoms with Gasteiger partial charge >= 0.3 is 0 Å². The molecule has 1 N–H and O–H groups in total. The van der Waals surface area contributed by atoms with Gasteiger partial charge in [0, 0.05) is 17.7 Å². The van der Waals surface area contributed by atoms with Crippen LogP contribution in [0.1, 0.15) is 5.82 Å². The molecule has 0 spiro atoms.